The van der Waals surface area contributed by atoms with Crippen molar-refractivity contribution in [3.05, 3.63) is 28.8 Å². The summed E-state index contributed by atoms with van der Waals surface area (Å²) in [6.07, 6.45) is 0. The van der Waals surface area contributed by atoms with Crippen LogP contribution in [0.25, 0.3) is 10.2 Å². The number of benzene rings is 1. The van der Waals surface area contributed by atoms with Gasteiger partial charge >= 0.3 is 0 Å². The number of aliphatic hydroxyl groups excluding tert-OH is 1. The third kappa shape index (κ3) is 2.49. The van der Waals surface area contributed by atoms with Crippen LogP contribution in [-0.4, -0.2) is 16.7 Å². The smallest absolute Gasteiger partial charge is 0.0992 e. The van der Waals surface area contributed by atoms with Gasteiger partial charge < -0.3 is 10.8 Å². The average molecular weight is 250 g/mol. The molecule has 1 aromatic carbocycles. The number of nitrogens with two attached hydrogens (primary N) is 1. The average Bonchev–Trinajstić information content (AvgIpc) is 2.70. The number of nitrogens with zero attached hydrogens (tertiary/aromatic N) is 1. The Labute approximate surface area is 105 Å². The minimum atomic E-state index is -0.320. The van der Waals surface area contributed by atoms with Gasteiger partial charge in [0.25, 0.3) is 0 Å². The Morgan fingerprint density at radius 2 is 2.12 bits per heavy atom. The highest BCUT2D eigenvalue weighted by Gasteiger charge is 2.19. The molecule has 92 valence electrons. The van der Waals surface area contributed by atoms with Gasteiger partial charge in [0, 0.05) is 5.41 Å². The van der Waals surface area contributed by atoms with Crippen LogP contribution in [0, 0.1) is 0 Å². The highest BCUT2D eigenvalue weighted by molar-refractivity contribution is 7.18. The van der Waals surface area contributed by atoms with E-state index >= 15 is 0 Å². The van der Waals surface area contributed by atoms with Crippen molar-refractivity contribution in [2.24, 2.45) is 5.73 Å². The van der Waals surface area contributed by atoms with E-state index in [2.05, 4.69) is 25.8 Å². The summed E-state index contributed by atoms with van der Waals surface area (Å²) in [5, 5.41) is 10.2. The molecule has 0 radical (unpaired) electrons. The van der Waals surface area contributed by atoms with Gasteiger partial charge in [-0.2, -0.15) is 0 Å². The molecule has 0 aliphatic rings. The standard InChI is InChI=1S/C13H18N2OS/c1-13(2,3)12-15-10-6-8(9(14)7-16)4-5-11(10)17-12/h4-6,9,16H,7,14H2,1-3H3. The van der Waals surface area contributed by atoms with E-state index in [1.165, 1.54) is 4.70 Å². The molecule has 0 spiro atoms. The Hall–Kier alpha value is -0.970. The molecule has 0 saturated carbocycles. The Morgan fingerprint density at radius 1 is 1.41 bits per heavy atom. The Kier molecular flexibility index (Phi) is 3.21. The minimum absolute atomic E-state index is 0.0399. The lowest BCUT2D eigenvalue weighted by Crippen LogP contribution is -2.14. The number of rotatable bonds is 2. The van der Waals surface area contributed by atoms with E-state index in [0.29, 0.717) is 0 Å². The molecule has 1 atom stereocenters. The van der Waals surface area contributed by atoms with Crippen LogP contribution in [0.1, 0.15) is 37.4 Å². The highest BCUT2D eigenvalue weighted by Crippen LogP contribution is 2.32. The van der Waals surface area contributed by atoms with Crippen molar-refractivity contribution in [2.45, 2.75) is 32.2 Å². The first-order chi connectivity index (χ1) is 7.91. The van der Waals surface area contributed by atoms with Crippen LogP contribution < -0.4 is 5.73 Å². The molecule has 2 aromatic rings. The van der Waals surface area contributed by atoms with E-state index in [-0.39, 0.29) is 18.1 Å². The summed E-state index contributed by atoms with van der Waals surface area (Å²) in [7, 11) is 0. The zero-order valence-electron chi connectivity index (χ0n) is 10.4. The van der Waals surface area contributed by atoms with Crippen LogP contribution in [0.2, 0.25) is 0 Å². The van der Waals surface area contributed by atoms with E-state index in [1.54, 1.807) is 11.3 Å². The minimum Gasteiger partial charge on any atom is -0.394 e. The fraction of sp³-hybridized carbons (Fsp3) is 0.462. The maximum atomic E-state index is 9.05. The van der Waals surface area contributed by atoms with E-state index in [9.17, 15) is 0 Å². The third-order valence-electron chi connectivity index (χ3n) is 2.68. The number of aromatic nitrogens is 1. The topological polar surface area (TPSA) is 59.1 Å². The van der Waals surface area contributed by atoms with Crippen LogP contribution in [-0.2, 0) is 5.41 Å². The fourth-order valence-corrected chi connectivity index (χ4v) is 2.61. The number of thiazole rings is 1. The van der Waals surface area contributed by atoms with Gasteiger partial charge in [0.2, 0.25) is 0 Å². The quantitative estimate of drug-likeness (QED) is 0.861. The molecule has 0 bridgehead atoms. The van der Waals surface area contributed by atoms with E-state index in [4.69, 9.17) is 10.8 Å². The van der Waals surface area contributed by atoms with Crippen molar-refractivity contribution >= 4 is 21.6 Å². The maximum Gasteiger partial charge on any atom is 0.0992 e. The summed E-state index contributed by atoms with van der Waals surface area (Å²) in [5.41, 5.74) is 7.79. The molecule has 0 amide bonds. The molecule has 0 aliphatic heterocycles. The maximum absolute atomic E-state index is 9.05. The monoisotopic (exact) mass is 250 g/mol. The lowest BCUT2D eigenvalue weighted by atomic mass is 9.98. The van der Waals surface area contributed by atoms with Gasteiger partial charge in [-0.3, -0.25) is 0 Å². The number of hydrogen-bond donors (Lipinski definition) is 2. The molecule has 3 nitrogen and oxygen atoms in total. The molecule has 4 heteroatoms. The Bertz CT molecular complexity index is 528. The second-order valence-corrected chi connectivity index (χ2v) is 6.32. The molecule has 1 aromatic heterocycles. The molecule has 17 heavy (non-hydrogen) atoms. The van der Waals surface area contributed by atoms with Crippen LogP contribution >= 0.6 is 11.3 Å². The normalized spacial score (nSPS) is 14.2. The fourth-order valence-electron chi connectivity index (χ4n) is 1.60. The first-order valence-electron chi connectivity index (χ1n) is 5.69. The summed E-state index contributed by atoms with van der Waals surface area (Å²) in [6, 6.07) is 5.65. The zero-order chi connectivity index (χ0) is 12.6. The highest BCUT2D eigenvalue weighted by atomic mass is 32.1. The Morgan fingerprint density at radius 3 is 2.71 bits per heavy atom. The second kappa shape index (κ2) is 4.37. The first-order valence-corrected chi connectivity index (χ1v) is 6.51. The van der Waals surface area contributed by atoms with Gasteiger partial charge in [0.1, 0.15) is 0 Å². The molecule has 3 N–H and O–H groups in total. The van der Waals surface area contributed by atoms with Gasteiger partial charge in [-0.15, -0.1) is 11.3 Å². The summed E-state index contributed by atoms with van der Waals surface area (Å²) >= 11 is 1.72. The largest absolute Gasteiger partial charge is 0.394 e. The lowest BCUT2D eigenvalue weighted by molar-refractivity contribution is 0.268. The molecule has 2 rings (SSSR count). The van der Waals surface area contributed by atoms with Crippen LogP contribution in [0.5, 0.6) is 0 Å². The van der Waals surface area contributed by atoms with Crippen molar-refractivity contribution < 1.29 is 5.11 Å². The molecule has 0 aliphatic carbocycles. The van der Waals surface area contributed by atoms with Gasteiger partial charge in [-0.1, -0.05) is 26.8 Å². The van der Waals surface area contributed by atoms with Crippen molar-refractivity contribution in [3.63, 3.8) is 0 Å². The summed E-state index contributed by atoms with van der Waals surface area (Å²) < 4.78 is 1.17. The molecule has 0 fully saturated rings. The van der Waals surface area contributed by atoms with Crippen molar-refractivity contribution in [2.75, 3.05) is 6.61 Å². The molecular weight excluding hydrogens is 232 g/mol. The summed E-state index contributed by atoms with van der Waals surface area (Å²) in [5.74, 6) is 0. The zero-order valence-corrected chi connectivity index (χ0v) is 11.2. The van der Waals surface area contributed by atoms with Gasteiger partial charge in [0.05, 0.1) is 27.9 Å². The van der Waals surface area contributed by atoms with Crippen molar-refractivity contribution in [1.82, 2.24) is 4.98 Å². The molecule has 0 saturated heterocycles. The number of hydrogen-bond acceptors (Lipinski definition) is 4. The van der Waals surface area contributed by atoms with Crippen molar-refractivity contribution in [3.8, 4) is 0 Å². The van der Waals surface area contributed by atoms with Crippen LogP contribution in [0.3, 0.4) is 0 Å². The van der Waals surface area contributed by atoms with Crippen LogP contribution in [0.15, 0.2) is 18.2 Å². The molecular formula is C13H18N2OS. The van der Waals surface area contributed by atoms with E-state index < -0.39 is 0 Å². The first kappa shape index (κ1) is 12.5. The van der Waals surface area contributed by atoms with Gasteiger partial charge in [-0.05, 0) is 17.7 Å². The van der Waals surface area contributed by atoms with Gasteiger partial charge in [-0.25, -0.2) is 4.98 Å². The van der Waals surface area contributed by atoms with E-state index in [0.717, 1.165) is 16.1 Å². The number of aliphatic hydroxyl groups is 1. The third-order valence-corrected chi connectivity index (χ3v) is 4.14. The summed E-state index contributed by atoms with van der Waals surface area (Å²) in [6.45, 7) is 6.43. The predicted molar refractivity (Wildman–Crippen MR) is 72.3 cm³/mol. The van der Waals surface area contributed by atoms with Crippen LogP contribution in [0.4, 0.5) is 0 Å². The van der Waals surface area contributed by atoms with Gasteiger partial charge in [0.15, 0.2) is 0 Å². The molecule has 1 heterocycles. The molecule has 1 unspecified atom stereocenters. The second-order valence-electron chi connectivity index (χ2n) is 5.29. The SMILES string of the molecule is CC(C)(C)c1nc2cc(C(N)CO)ccc2s1. The Balaban J connectivity index is 2.48. The van der Waals surface area contributed by atoms with E-state index in [1.807, 2.05) is 18.2 Å². The van der Waals surface area contributed by atoms with Crippen molar-refractivity contribution in [1.29, 1.82) is 0 Å². The number of fused-ring (bicyclic) bond motifs is 1. The lowest BCUT2D eigenvalue weighted by Gasteiger charge is -2.13. The summed E-state index contributed by atoms with van der Waals surface area (Å²) in [4.78, 5) is 4.64. The predicted octanol–water partition coefficient (Wildman–Crippen LogP) is 2.59.